The van der Waals surface area contributed by atoms with Crippen molar-refractivity contribution in [1.82, 2.24) is 0 Å². The average molecular weight is 823 g/mol. The lowest BCUT2D eigenvalue weighted by Crippen LogP contribution is -2.30. The highest BCUT2D eigenvalue weighted by atomic mass is 16.6. The van der Waals surface area contributed by atoms with Crippen LogP contribution >= 0.6 is 0 Å². The molecule has 6 heteroatoms. The fourth-order valence-electron chi connectivity index (χ4n) is 6.49. The number of carbonyl (C=O) groups is 3. The molecule has 0 aliphatic rings. The summed E-state index contributed by atoms with van der Waals surface area (Å²) in [6.07, 6.45) is 58.8. The van der Waals surface area contributed by atoms with E-state index < -0.39 is 6.10 Å². The zero-order valence-corrected chi connectivity index (χ0v) is 38.5. The predicted octanol–water partition coefficient (Wildman–Crippen LogP) is 15.9. The summed E-state index contributed by atoms with van der Waals surface area (Å²) in [7, 11) is 0. The first-order chi connectivity index (χ1) is 29.0. The predicted molar refractivity (Wildman–Crippen MR) is 251 cm³/mol. The summed E-state index contributed by atoms with van der Waals surface area (Å²) >= 11 is 0. The SMILES string of the molecule is CC/C=C\C/C=C\C/C=C\CCCCCCCCC(=O)OCC(COC(=O)CCCCC/C=C\C=C/CCCC)OC(=O)CCCCC/C=C\CCCCCCCCC. The highest BCUT2D eigenvalue weighted by molar-refractivity contribution is 5.71. The molecule has 0 aliphatic heterocycles. The first-order valence-electron chi connectivity index (χ1n) is 24.5. The van der Waals surface area contributed by atoms with E-state index in [1.807, 2.05) is 0 Å². The minimum absolute atomic E-state index is 0.0974. The molecule has 0 aromatic heterocycles. The van der Waals surface area contributed by atoms with Gasteiger partial charge < -0.3 is 14.2 Å². The maximum absolute atomic E-state index is 12.7. The van der Waals surface area contributed by atoms with E-state index in [4.69, 9.17) is 14.2 Å². The Hall–Kier alpha value is -3.15. The molecule has 0 aromatic rings. The first-order valence-corrected chi connectivity index (χ1v) is 24.5. The zero-order chi connectivity index (χ0) is 43.0. The molecule has 0 aromatic carbocycles. The van der Waals surface area contributed by atoms with Crippen molar-refractivity contribution in [3.63, 3.8) is 0 Å². The van der Waals surface area contributed by atoms with Crippen molar-refractivity contribution < 1.29 is 28.6 Å². The molecule has 0 radical (unpaired) electrons. The summed E-state index contributed by atoms with van der Waals surface area (Å²) in [4.78, 5) is 37.8. The third-order valence-corrected chi connectivity index (χ3v) is 10.2. The largest absolute Gasteiger partial charge is 0.462 e. The molecule has 0 saturated heterocycles. The van der Waals surface area contributed by atoms with Gasteiger partial charge in [0.25, 0.3) is 0 Å². The van der Waals surface area contributed by atoms with E-state index >= 15 is 0 Å². The Kier molecular flexibility index (Phi) is 45.0. The van der Waals surface area contributed by atoms with Crippen LogP contribution in [0.15, 0.2) is 72.9 Å². The molecule has 6 nitrogen and oxygen atoms in total. The molecule has 0 heterocycles. The third-order valence-electron chi connectivity index (χ3n) is 10.2. The maximum Gasteiger partial charge on any atom is 0.306 e. The fraction of sp³-hybridized carbons (Fsp3) is 0.717. The summed E-state index contributed by atoms with van der Waals surface area (Å²) in [5.41, 5.74) is 0. The van der Waals surface area contributed by atoms with Crippen LogP contribution in [0.25, 0.3) is 0 Å². The normalized spacial score (nSPS) is 12.7. The van der Waals surface area contributed by atoms with E-state index in [2.05, 4.69) is 93.7 Å². The van der Waals surface area contributed by atoms with Gasteiger partial charge in [0.1, 0.15) is 13.2 Å². The summed E-state index contributed by atoms with van der Waals surface area (Å²) in [6.45, 7) is 6.41. The van der Waals surface area contributed by atoms with Gasteiger partial charge in [0, 0.05) is 19.3 Å². The lowest BCUT2D eigenvalue weighted by molar-refractivity contribution is -0.167. The van der Waals surface area contributed by atoms with E-state index in [9.17, 15) is 14.4 Å². The molecule has 0 spiro atoms. The zero-order valence-electron chi connectivity index (χ0n) is 38.5. The Bertz CT molecular complexity index is 1130. The highest BCUT2D eigenvalue weighted by Gasteiger charge is 2.19. The number of unbranched alkanes of at least 4 members (excludes halogenated alkanes) is 21. The number of rotatable bonds is 43. The van der Waals surface area contributed by atoms with Gasteiger partial charge in [0.2, 0.25) is 0 Å². The van der Waals surface area contributed by atoms with Crippen molar-refractivity contribution in [2.75, 3.05) is 13.2 Å². The van der Waals surface area contributed by atoms with E-state index in [0.29, 0.717) is 19.3 Å². The molecule has 0 bridgehead atoms. The second-order valence-electron chi connectivity index (χ2n) is 16.0. The number of allylic oxidation sites excluding steroid dienone is 12. The monoisotopic (exact) mass is 823 g/mol. The summed E-state index contributed by atoms with van der Waals surface area (Å²) in [6, 6.07) is 0. The van der Waals surface area contributed by atoms with Gasteiger partial charge in [-0.15, -0.1) is 0 Å². The Morgan fingerprint density at radius 3 is 1.22 bits per heavy atom. The number of carbonyl (C=O) groups excluding carboxylic acids is 3. The number of esters is 3. The van der Waals surface area contributed by atoms with Gasteiger partial charge in [-0.25, -0.2) is 0 Å². The van der Waals surface area contributed by atoms with Crippen molar-refractivity contribution in [3.8, 4) is 0 Å². The Morgan fingerprint density at radius 1 is 0.373 bits per heavy atom. The van der Waals surface area contributed by atoms with E-state index in [1.54, 1.807) is 0 Å². The molecule has 0 saturated carbocycles. The molecule has 0 rings (SSSR count). The molecule has 59 heavy (non-hydrogen) atoms. The molecule has 338 valence electrons. The minimum atomic E-state index is -0.798. The van der Waals surface area contributed by atoms with Crippen molar-refractivity contribution in [2.24, 2.45) is 0 Å². The lowest BCUT2D eigenvalue weighted by atomic mass is 10.1. The number of ether oxygens (including phenoxy) is 3. The Labute approximate surface area is 363 Å². The van der Waals surface area contributed by atoms with Crippen molar-refractivity contribution in [1.29, 1.82) is 0 Å². The van der Waals surface area contributed by atoms with Gasteiger partial charge >= 0.3 is 17.9 Å². The minimum Gasteiger partial charge on any atom is -0.462 e. The highest BCUT2D eigenvalue weighted by Crippen LogP contribution is 2.13. The van der Waals surface area contributed by atoms with Gasteiger partial charge in [-0.3, -0.25) is 14.4 Å². The van der Waals surface area contributed by atoms with Crippen molar-refractivity contribution in [3.05, 3.63) is 72.9 Å². The molecule has 0 fully saturated rings. The van der Waals surface area contributed by atoms with Gasteiger partial charge in [0.15, 0.2) is 6.10 Å². The van der Waals surface area contributed by atoms with Crippen LogP contribution in [0.2, 0.25) is 0 Å². The molecular weight excluding hydrogens is 733 g/mol. The van der Waals surface area contributed by atoms with E-state index in [0.717, 1.165) is 109 Å². The van der Waals surface area contributed by atoms with Gasteiger partial charge in [-0.1, -0.05) is 184 Å². The molecular formula is C53H90O6. The molecule has 0 amide bonds. The number of hydrogen-bond acceptors (Lipinski definition) is 6. The first kappa shape index (κ1) is 55.9. The number of hydrogen-bond donors (Lipinski definition) is 0. The molecule has 0 N–H and O–H groups in total. The molecule has 1 atom stereocenters. The van der Waals surface area contributed by atoms with E-state index in [-0.39, 0.29) is 31.1 Å². The summed E-state index contributed by atoms with van der Waals surface area (Å²) < 4.78 is 16.7. The van der Waals surface area contributed by atoms with Crippen LogP contribution < -0.4 is 0 Å². The third kappa shape index (κ3) is 45.8. The van der Waals surface area contributed by atoms with Crippen LogP contribution in [0, 0.1) is 0 Å². The topological polar surface area (TPSA) is 78.9 Å². The Morgan fingerprint density at radius 2 is 0.729 bits per heavy atom. The molecule has 1 unspecified atom stereocenters. The van der Waals surface area contributed by atoms with Crippen LogP contribution in [0.5, 0.6) is 0 Å². The quantitative estimate of drug-likeness (QED) is 0.0200. The second kappa shape index (κ2) is 47.5. The van der Waals surface area contributed by atoms with Gasteiger partial charge in [-0.05, 0) is 96.3 Å². The van der Waals surface area contributed by atoms with Gasteiger partial charge in [-0.2, -0.15) is 0 Å². The van der Waals surface area contributed by atoms with Crippen LogP contribution in [0.3, 0.4) is 0 Å². The fourth-order valence-corrected chi connectivity index (χ4v) is 6.49. The van der Waals surface area contributed by atoms with Crippen LogP contribution in [0.1, 0.15) is 226 Å². The summed E-state index contributed by atoms with van der Waals surface area (Å²) in [5, 5.41) is 0. The lowest BCUT2D eigenvalue weighted by Gasteiger charge is -2.18. The second-order valence-corrected chi connectivity index (χ2v) is 16.0. The smallest absolute Gasteiger partial charge is 0.306 e. The average Bonchev–Trinajstić information content (AvgIpc) is 3.23. The standard InChI is InChI=1S/C53H90O6/c1-4-7-10-13-16-19-22-24-26-27-29-31-34-37-40-43-46-52(55)58-49-50(48-57-51(54)45-42-39-36-33-30-21-18-15-12-9-6-3)59-53(56)47-44-41-38-35-32-28-25-23-20-17-14-11-8-5-2/h7,10,15-16,18-19,21,24,26,28,30,32,50H,4-6,8-9,11-14,17,20,22-23,25,27,29,31,33-49H2,1-3H3/b10-7-,18-15-,19-16-,26-24-,30-21-,32-28-. The van der Waals surface area contributed by atoms with Crippen LogP contribution in [-0.2, 0) is 28.6 Å². The molecule has 0 aliphatic carbocycles. The summed E-state index contributed by atoms with van der Waals surface area (Å²) in [5.74, 6) is -0.956. The van der Waals surface area contributed by atoms with Crippen LogP contribution in [0.4, 0.5) is 0 Å². The maximum atomic E-state index is 12.7. The van der Waals surface area contributed by atoms with Crippen molar-refractivity contribution >= 4 is 17.9 Å². The Balaban J connectivity index is 4.44. The van der Waals surface area contributed by atoms with E-state index in [1.165, 1.54) is 77.0 Å². The van der Waals surface area contributed by atoms with Gasteiger partial charge in [0.05, 0.1) is 0 Å². The van der Waals surface area contributed by atoms with Crippen molar-refractivity contribution in [2.45, 2.75) is 232 Å². The van der Waals surface area contributed by atoms with Crippen LogP contribution in [-0.4, -0.2) is 37.2 Å².